The van der Waals surface area contributed by atoms with Gasteiger partial charge in [-0.15, -0.1) is 0 Å². The molecular weight excluding hydrogens is 364 g/mol. The van der Waals surface area contributed by atoms with Crippen molar-refractivity contribution in [3.05, 3.63) is 58.5 Å². The molecule has 1 heterocycles. The first kappa shape index (κ1) is 21.0. The number of hydrogen-bond acceptors (Lipinski definition) is 6. The molecule has 0 aliphatic rings. The van der Waals surface area contributed by atoms with Crippen LogP contribution in [0.5, 0.6) is 17.2 Å². The Bertz CT molecular complexity index is 865. The lowest BCUT2D eigenvalue weighted by atomic mass is 10.1. The number of nitrogens with one attached hydrogen (secondary N) is 1. The van der Waals surface area contributed by atoms with E-state index < -0.39 is 6.10 Å². The number of ether oxygens (including phenoxy) is 3. The van der Waals surface area contributed by atoms with E-state index in [4.69, 9.17) is 14.2 Å². The van der Waals surface area contributed by atoms with Crippen LogP contribution >= 0.6 is 0 Å². The second-order valence-corrected chi connectivity index (χ2v) is 5.88. The number of benzene rings is 1. The second-order valence-electron chi connectivity index (χ2n) is 5.88. The molecule has 150 valence electrons. The maximum Gasteiger partial charge on any atom is 0.250 e. The number of aliphatic hydroxyl groups is 1. The number of hydrogen-bond donors (Lipinski definition) is 2. The van der Waals surface area contributed by atoms with E-state index in [9.17, 15) is 14.7 Å². The van der Waals surface area contributed by atoms with Crippen LogP contribution in [0, 0.1) is 0 Å². The summed E-state index contributed by atoms with van der Waals surface area (Å²) in [6, 6.07) is 8.16. The van der Waals surface area contributed by atoms with Gasteiger partial charge in [0.1, 0.15) is 0 Å². The molecule has 0 bridgehead atoms. The van der Waals surface area contributed by atoms with Gasteiger partial charge in [-0.1, -0.05) is 6.07 Å². The fraction of sp³-hybridized carbons (Fsp3) is 0.300. The molecule has 2 aromatic rings. The van der Waals surface area contributed by atoms with Crippen LogP contribution in [-0.4, -0.2) is 49.6 Å². The number of nitrogens with zero attached hydrogens (tertiary/aromatic N) is 1. The highest BCUT2D eigenvalue weighted by molar-refractivity contribution is 5.91. The highest BCUT2D eigenvalue weighted by atomic mass is 16.5. The minimum atomic E-state index is -0.890. The third kappa shape index (κ3) is 5.62. The summed E-state index contributed by atoms with van der Waals surface area (Å²) in [5.41, 5.74) is 0.469. The Morgan fingerprint density at radius 1 is 1.18 bits per heavy atom. The molecule has 0 aliphatic heterocycles. The maximum absolute atomic E-state index is 12.0. The predicted molar refractivity (Wildman–Crippen MR) is 105 cm³/mol. The van der Waals surface area contributed by atoms with Crippen molar-refractivity contribution in [2.45, 2.75) is 12.6 Å². The van der Waals surface area contributed by atoms with Crippen molar-refractivity contribution < 1.29 is 24.1 Å². The maximum atomic E-state index is 12.0. The van der Waals surface area contributed by atoms with E-state index in [1.807, 2.05) is 0 Å². The van der Waals surface area contributed by atoms with E-state index in [-0.39, 0.29) is 24.6 Å². The van der Waals surface area contributed by atoms with Gasteiger partial charge in [0.25, 0.3) is 5.56 Å². The van der Waals surface area contributed by atoms with Crippen molar-refractivity contribution in [1.82, 2.24) is 9.88 Å². The van der Waals surface area contributed by atoms with Crippen molar-refractivity contribution in [1.29, 1.82) is 0 Å². The van der Waals surface area contributed by atoms with Crippen molar-refractivity contribution in [3.8, 4) is 17.2 Å². The van der Waals surface area contributed by atoms with Crippen LogP contribution in [0.1, 0.15) is 5.56 Å². The van der Waals surface area contributed by atoms with Gasteiger partial charge in [0.05, 0.1) is 34.0 Å². The Morgan fingerprint density at radius 2 is 1.86 bits per heavy atom. The van der Waals surface area contributed by atoms with Crippen LogP contribution in [-0.2, 0) is 11.3 Å². The lowest BCUT2D eigenvalue weighted by molar-refractivity contribution is -0.116. The zero-order valence-corrected chi connectivity index (χ0v) is 16.0. The topological polar surface area (TPSA) is 99.0 Å². The number of pyridine rings is 1. The molecule has 2 rings (SSSR count). The van der Waals surface area contributed by atoms with Crippen LogP contribution in [0.4, 0.5) is 0 Å². The van der Waals surface area contributed by atoms with Gasteiger partial charge in [0.2, 0.25) is 11.7 Å². The Morgan fingerprint density at radius 3 is 2.43 bits per heavy atom. The molecule has 0 aliphatic carbocycles. The second kappa shape index (κ2) is 10.2. The summed E-state index contributed by atoms with van der Waals surface area (Å²) in [5.74, 6) is 1.04. The third-order valence-electron chi connectivity index (χ3n) is 3.93. The molecule has 0 saturated carbocycles. The summed E-state index contributed by atoms with van der Waals surface area (Å²) in [7, 11) is 4.53. The fourth-order valence-corrected chi connectivity index (χ4v) is 2.55. The molecule has 1 atom stereocenters. The molecule has 8 heteroatoms. The normalized spacial score (nSPS) is 11.9. The summed E-state index contributed by atoms with van der Waals surface area (Å²) in [5, 5.41) is 12.6. The number of carbonyl (C=O) groups excluding carboxylic acids is 1. The Hall–Kier alpha value is -3.26. The Labute approximate surface area is 163 Å². The first-order valence-electron chi connectivity index (χ1n) is 8.58. The molecule has 28 heavy (non-hydrogen) atoms. The standard InChI is InChI=1S/C20H24N2O6/c1-26-16-10-14(11-17(27-2)20(16)28-3)7-8-18(24)21-12-15(23)13-22-9-5-4-6-19(22)25/h4-11,15,23H,12-13H2,1-3H3,(H,21,24)/b8-7+. The van der Waals surface area contributed by atoms with Crippen molar-refractivity contribution >= 4 is 12.0 Å². The van der Waals surface area contributed by atoms with E-state index in [1.54, 1.807) is 36.5 Å². The van der Waals surface area contributed by atoms with E-state index in [2.05, 4.69) is 5.32 Å². The minimum absolute atomic E-state index is 0.0137. The first-order chi connectivity index (χ1) is 13.5. The number of aliphatic hydroxyl groups excluding tert-OH is 1. The molecule has 0 radical (unpaired) electrons. The van der Waals surface area contributed by atoms with Crippen LogP contribution in [0.2, 0.25) is 0 Å². The van der Waals surface area contributed by atoms with Gasteiger partial charge in [-0.3, -0.25) is 9.59 Å². The van der Waals surface area contributed by atoms with Gasteiger partial charge >= 0.3 is 0 Å². The average molecular weight is 388 g/mol. The zero-order valence-electron chi connectivity index (χ0n) is 16.0. The number of aromatic nitrogens is 1. The molecule has 0 saturated heterocycles. The fourth-order valence-electron chi connectivity index (χ4n) is 2.55. The van der Waals surface area contributed by atoms with Crippen molar-refractivity contribution in [2.75, 3.05) is 27.9 Å². The van der Waals surface area contributed by atoms with Gasteiger partial charge in [-0.2, -0.15) is 0 Å². The van der Waals surface area contributed by atoms with E-state index >= 15 is 0 Å². The van der Waals surface area contributed by atoms with Crippen LogP contribution < -0.4 is 25.1 Å². The zero-order chi connectivity index (χ0) is 20.5. The predicted octanol–water partition coefficient (Wildman–Crippen LogP) is 1.06. The van der Waals surface area contributed by atoms with Crippen LogP contribution in [0.15, 0.2) is 47.4 Å². The molecule has 1 aromatic carbocycles. The van der Waals surface area contributed by atoms with E-state index in [0.29, 0.717) is 22.8 Å². The lowest BCUT2D eigenvalue weighted by Gasteiger charge is -2.13. The van der Waals surface area contributed by atoms with Gasteiger partial charge in [-0.05, 0) is 29.8 Å². The van der Waals surface area contributed by atoms with Crippen molar-refractivity contribution in [3.63, 3.8) is 0 Å². The van der Waals surface area contributed by atoms with Crippen LogP contribution in [0.3, 0.4) is 0 Å². The lowest BCUT2D eigenvalue weighted by Crippen LogP contribution is -2.35. The number of rotatable bonds is 9. The summed E-state index contributed by atoms with van der Waals surface area (Å²) >= 11 is 0. The highest BCUT2D eigenvalue weighted by Gasteiger charge is 2.12. The van der Waals surface area contributed by atoms with Crippen molar-refractivity contribution in [2.24, 2.45) is 0 Å². The number of methoxy groups -OCH3 is 3. The monoisotopic (exact) mass is 388 g/mol. The quantitative estimate of drug-likeness (QED) is 0.624. The third-order valence-corrected chi connectivity index (χ3v) is 3.93. The summed E-state index contributed by atoms with van der Waals surface area (Å²) in [6.07, 6.45) is 3.62. The van der Waals surface area contributed by atoms with Gasteiger partial charge in [0, 0.05) is 24.9 Å². The number of amides is 1. The largest absolute Gasteiger partial charge is 0.493 e. The molecule has 0 fully saturated rings. The molecule has 8 nitrogen and oxygen atoms in total. The smallest absolute Gasteiger partial charge is 0.250 e. The molecular formula is C20H24N2O6. The SMILES string of the molecule is COc1cc(/C=C/C(=O)NCC(O)Cn2ccccc2=O)cc(OC)c1OC. The summed E-state index contributed by atoms with van der Waals surface area (Å²) in [4.78, 5) is 23.6. The summed E-state index contributed by atoms with van der Waals surface area (Å²) < 4.78 is 17.2. The first-order valence-corrected chi connectivity index (χ1v) is 8.58. The molecule has 1 aromatic heterocycles. The van der Waals surface area contributed by atoms with Gasteiger partial charge in [0.15, 0.2) is 11.5 Å². The molecule has 2 N–H and O–H groups in total. The minimum Gasteiger partial charge on any atom is -0.493 e. The summed E-state index contributed by atoms with van der Waals surface area (Å²) in [6.45, 7) is 0.107. The Kier molecular flexibility index (Phi) is 7.65. The van der Waals surface area contributed by atoms with Crippen LogP contribution in [0.25, 0.3) is 6.08 Å². The van der Waals surface area contributed by atoms with Gasteiger partial charge < -0.3 is 29.2 Å². The Balaban J connectivity index is 1.96. The number of carbonyl (C=O) groups is 1. The van der Waals surface area contributed by atoms with Gasteiger partial charge in [-0.25, -0.2) is 0 Å². The molecule has 1 amide bonds. The highest BCUT2D eigenvalue weighted by Crippen LogP contribution is 2.38. The molecule has 1 unspecified atom stereocenters. The average Bonchev–Trinajstić information content (AvgIpc) is 2.71. The van der Waals surface area contributed by atoms with E-state index in [0.717, 1.165) is 0 Å². The van der Waals surface area contributed by atoms with E-state index in [1.165, 1.54) is 38.0 Å². The molecule has 0 spiro atoms.